The summed E-state index contributed by atoms with van der Waals surface area (Å²) in [5.74, 6) is 1.22. The van der Waals surface area contributed by atoms with E-state index >= 15 is 0 Å². The van der Waals surface area contributed by atoms with Gasteiger partial charge in [-0.25, -0.2) is 0 Å². The van der Waals surface area contributed by atoms with Crippen LogP contribution in [0.5, 0.6) is 11.5 Å². The number of amides is 1. The van der Waals surface area contributed by atoms with E-state index in [0.717, 1.165) is 24.1 Å². The van der Waals surface area contributed by atoms with Gasteiger partial charge in [0.15, 0.2) is 11.5 Å². The van der Waals surface area contributed by atoms with E-state index in [4.69, 9.17) is 24.5 Å². The largest absolute Gasteiger partial charge is 0.493 e. The van der Waals surface area contributed by atoms with Crippen molar-refractivity contribution in [2.24, 2.45) is 5.16 Å². The number of carbonyl (C=O) groups is 1. The van der Waals surface area contributed by atoms with Crippen LogP contribution in [0.4, 0.5) is 0 Å². The zero-order chi connectivity index (χ0) is 20.6. The van der Waals surface area contributed by atoms with Gasteiger partial charge in [0.05, 0.1) is 38.6 Å². The predicted octanol–water partition coefficient (Wildman–Crippen LogP) is 1.71. The molecule has 0 radical (unpaired) electrons. The number of aliphatic hydroxyl groups is 2. The Labute approximate surface area is 171 Å². The van der Waals surface area contributed by atoms with Gasteiger partial charge in [0.2, 0.25) is 5.91 Å². The minimum atomic E-state index is -0.362. The number of ether oxygens (including phenoxy) is 2. The van der Waals surface area contributed by atoms with Crippen LogP contribution in [0.3, 0.4) is 0 Å². The Morgan fingerprint density at radius 3 is 2.59 bits per heavy atom. The maximum Gasteiger partial charge on any atom is 0.226 e. The molecule has 29 heavy (non-hydrogen) atoms. The second-order valence-corrected chi connectivity index (χ2v) is 7.39. The fraction of sp³-hybridized carbons (Fsp3) is 0.619. The van der Waals surface area contributed by atoms with Crippen molar-refractivity contribution in [3.8, 4) is 11.5 Å². The quantitative estimate of drug-likeness (QED) is 0.614. The lowest BCUT2D eigenvalue weighted by molar-refractivity contribution is -0.134. The van der Waals surface area contributed by atoms with Gasteiger partial charge in [0.25, 0.3) is 0 Å². The van der Waals surface area contributed by atoms with Crippen molar-refractivity contribution in [3.05, 3.63) is 23.8 Å². The molecule has 1 unspecified atom stereocenters. The number of nitrogens with zero attached hydrogens (tertiary/aromatic N) is 2. The molecule has 1 saturated carbocycles. The molecule has 1 aromatic rings. The van der Waals surface area contributed by atoms with Crippen LogP contribution in [0.1, 0.15) is 44.1 Å². The van der Waals surface area contributed by atoms with E-state index in [-0.39, 0.29) is 50.8 Å². The second kappa shape index (κ2) is 10.5. The highest BCUT2D eigenvalue weighted by molar-refractivity contribution is 6.02. The Morgan fingerprint density at radius 1 is 1.21 bits per heavy atom. The Kier molecular flexibility index (Phi) is 7.71. The number of carbonyl (C=O) groups excluding carboxylic acids is 1. The van der Waals surface area contributed by atoms with E-state index in [1.165, 1.54) is 17.7 Å². The topological polar surface area (TPSA) is 101 Å². The number of oxime groups is 1. The number of aliphatic hydroxyl groups excluding tert-OH is 2. The van der Waals surface area contributed by atoms with Gasteiger partial charge in [-0.1, -0.05) is 5.16 Å². The number of hydrogen-bond acceptors (Lipinski definition) is 7. The summed E-state index contributed by atoms with van der Waals surface area (Å²) in [7, 11) is 1.62. The molecule has 2 aliphatic rings. The Morgan fingerprint density at radius 2 is 1.93 bits per heavy atom. The normalized spacial score (nSPS) is 19.0. The third kappa shape index (κ3) is 5.61. The van der Waals surface area contributed by atoms with Gasteiger partial charge in [-0.2, -0.15) is 0 Å². The van der Waals surface area contributed by atoms with E-state index < -0.39 is 0 Å². The standard InChI is InChI=1S/C21H30N2O6/c1-27-19-7-6-15(12-20(19)28-16-4-2-3-5-16)18-13-17(29-22-18)14-21(26)23(8-10-24)9-11-25/h6-7,12,16-17,24-25H,2-5,8-11,13-14H2,1H3. The lowest BCUT2D eigenvalue weighted by Crippen LogP contribution is -2.37. The molecule has 3 rings (SSSR count). The first kappa shape index (κ1) is 21.4. The monoisotopic (exact) mass is 406 g/mol. The van der Waals surface area contributed by atoms with Gasteiger partial charge in [0, 0.05) is 25.1 Å². The summed E-state index contributed by atoms with van der Waals surface area (Å²) in [5.41, 5.74) is 1.65. The number of benzene rings is 1. The maximum absolute atomic E-state index is 12.4. The molecule has 1 fully saturated rings. The summed E-state index contributed by atoms with van der Waals surface area (Å²) in [5, 5.41) is 22.3. The molecular formula is C21H30N2O6. The summed E-state index contributed by atoms with van der Waals surface area (Å²) in [6.07, 6.45) is 4.99. The van der Waals surface area contributed by atoms with Crippen molar-refractivity contribution in [1.82, 2.24) is 4.90 Å². The summed E-state index contributed by atoms with van der Waals surface area (Å²) in [6, 6.07) is 5.70. The minimum Gasteiger partial charge on any atom is -0.493 e. The van der Waals surface area contributed by atoms with Crippen LogP contribution in [0.2, 0.25) is 0 Å². The molecule has 0 bridgehead atoms. The highest BCUT2D eigenvalue weighted by Crippen LogP contribution is 2.33. The lowest BCUT2D eigenvalue weighted by atomic mass is 10.0. The lowest BCUT2D eigenvalue weighted by Gasteiger charge is -2.21. The maximum atomic E-state index is 12.4. The SMILES string of the molecule is COc1ccc(C2=NOC(CC(=O)N(CCO)CCO)C2)cc1OC1CCCC1. The zero-order valence-electron chi connectivity index (χ0n) is 16.9. The second-order valence-electron chi connectivity index (χ2n) is 7.39. The molecule has 1 aromatic carbocycles. The van der Waals surface area contributed by atoms with E-state index in [1.54, 1.807) is 7.11 Å². The highest BCUT2D eigenvalue weighted by atomic mass is 16.6. The number of hydrogen-bond donors (Lipinski definition) is 2. The molecule has 1 atom stereocenters. The summed E-state index contributed by atoms with van der Waals surface area (Å²) in [6.45, 7) is 0.101. The van der Waals surface area contributed by atoms with Crippen LogP contribution in [-0.2, 0) is 9.63 Å². The third-order valence-corrected chi connectivity index (χ3v) is 5.32. The first-order valence-corrected chi connectivity index (χ1v) is 10.2. The van der Waals surface area contributed by atoms with Crippen LogP contribution >= 0.6 is 0 Å². The Balaban J connectivity index is 1.62. The fourth-order valence-corrected chi connectivity index (χ4v) is 3.77. The molecule has 1 aliphatic carbocycles. The van der Waals surface area contributed by atoms with Crippen LogP contribution in [0, 0.1) is 0 Å². The van der Waals surface area contributed by atoms with Crippen molar-refractivity contribution in [2.75, 3.05) is 33.4 Å². The number of methoxy groups -OCH3 is 1. The van der Waals surface area contributed by atoms with E-state index in [9.17, 15) is 4.79 Å². The summed E-state index contributed by atoms with van der Waals surface area (Å²) < 4.78 is 11.6. The van der Waals surface area contributed by atoms with Crippen LogP contribution in [0.25, 0.3) is 0 Å². The molecule has 0 spiro atoms. The van der Waals surface area contributed by atoms with Gasteiger partial charge in [0.1, 0.15) is 6.10 Å². The van der Waals surface area contributed by atoms with Crippen LogP contribution < -0.4 is 9.47 Å². The van der Waals surface area contributed by atoms with Gasteiger partial charge in [-0.15, -0.1) is 0 Å². The van der Waals surface area contributed by atoms with Crippen molar-refractivity contribution < 1.29 is 29.3 Å². The van der Waals surface area contributed by atoms with Gasteiger partial charge >= 0.3 is 0 Å². The molecule has 1 amide bonds. The van der Waals surface area contributed by atoms with Gasteiger partial charge in [-0.3, -0.25) is 4.79 Å². The molecule has 0 aromatic heterocycles. The molecule has 0 saturated heterocycles. The first-order valence-electron chi connectivity index (χ1n) is 10.2. The average Bonchev–Trinajstić information content (AvgIpc) is 3.40. The van der Waals surface area contributed by atoms with Crippen molar-refractivity contribution in [1.29, 1.82) is 0 Å². The molecule has 8 heteroatoms. The van der Waals surface area contributed by atoms with E-state index in [0.29, 0.717) is 17.9 Å². The highest BCUT2D eigenvalue weighted by Gasteiger charge is 2.28. The smallest absolute Gasteiger partial charge is 0.226 e. The van der Waals surface area contributed by atoms with Crippen molar-refractivity contribution in [2.45, 2.75) is 50.7 Å². The van der Waals surface area contributed by atoms with Crippen LogP contribution in [-0.4, -0.2) is 72.4 Å². The fourth-order valence-electron chi connectivity index (χ4n) is 3.77. The van der Waals surface area contributed by atoms with Gasteiger partial charge < -0.3 is 29.4 Å². The predicted molar refractivity (Wildman–Crippen MR) is 107 cm³/mol. The molecule has 1 heterocycles. The summed E-state index contributed by atoms with van der Waals surface area (Å²) >= 11 is 0. The molecule has 160 valence electrons. The molecular weight excluding hydrogens is 376 g/mol. The van der Waals surface area contributed by atoms with Crippen LogP contribution in [0.15, 0.2) is 23.4 Å². The Hall–Kier alpha value is -2.32. The molecule has 1 aliphatic heterocycles. The first-order chi connectivity index (χ1) is 14.1. The third-order valence-electron chi connectivity index (χ3n) is 5.32. The Bertz CT molecular complexity index is 711. The summed E-state index contributed by atoms with van der Waals surface area (Å²) in [4.78, 5) is 19.3. The molecule has 8 nitrogen and oxygen atoms in total. The van der Waals surface area contributed by atoms with Crippen molar-refractivity contribution in [3.63, 3.8) is 0 Å². The van der Waals surface area contributed by atoms with E-state index in [2.05, 4.69) is 5.16 Å². The number of rotatable bonds is 10. The van der Waals surface area contributed by atoms with Gasteiger partial charge in [-0.05, 0) is 43.9 Å². The average molecular weight is 406 g/mol. The van der Waals surface area contributed by atoms with Crippen molar-refractivity contribution >= 4 is 11.6 Å². The minimum absolute atomic E-state index is 0.144. The zero-order valence-corrected chi connectivity index (χ0v) is 16.9. The molecule has 2 N–H and O–H groups in total. The van der Waals surface area contributed by atoms with E-state index in [1.807, 2.05) is 18.2 Å².